The first-order valence-corrected chi connectivity index (χ1v) is 11.8. The molecule has 0 radical (unpaired) electrons. The van der Waals surface area contributed by atoms with Crippen LogP contribution in [-0.2, 0) is 11.4 Å². The maximum Gasteiger partial charge on any atom is 0.280 e. The number of ether oxygens (including phenoxy) is 2. The largest absolute Gasteiger partial charge is 0.490 e. The van der Waals surface area contributed by atoms with Gasteiger partial charge in [-0.3, -0.25) is 4.79 Å². The molecule has 0 aromatic heterocycles. The third kappa shape index (κ3) is 5.13. The van der Waals surface area contributed by atoms with Gasteiger partial charge in [0.15, 0.2) is 34.8 Å². The number of benzene rings is 3. The number of anilines is 1. The van der Waals surface area contributed by atoms with Crippen molar-refractivity contribution < 1.29 is 40.6 Å². The summed E-state index contributed by atoms with van der Waals surface area (Å²) >= 11 is 3.39. The normalized spacial score (nSPS) is 14.3. The van der Waals surface area contributed by atoms with E-state index in [2.05, 4.69) is 21.0 Å². The number of nitrogens with zero attached hydrogens (tertiary/aromatic N) is 2. The summed E-state index contributed by atoms with van der Waals surface area (Å²) in [7, 11) is 0. The Morgan fingerprint density at radius 3 is 2.13 bits per heavy atom. The predicted molar refractivity (Wildman–Crippen MR) is 131 cm³/mol. The Hall–Kier alpha value is -3.80. The average molecular weight is 599 g/mol. The van der Waals surface area contributed by atoms with E-state index in [1.807, 2.05) is 0 Å². The van der Waals surface area contributed by atoms with E-state index in [1.54, 1.807) is 25.1 Å². The number of carbonyl (C=O) groups is 1. The molecule has 0 fully saturated rings. The lowest BCUT2D eigenvalue weighted by atomic mass is 10.1. The molecule has 1 amide bonds. The Bertz CT molecular complexity index is 1460. The first kappa shape index (κ1) is 27.2. The van der Waals surface area contributed by atoms with Gasteiger partial charge < -0.3 is 9.47 Å². The van der Waals surface area contributed by atoms with Crippen LogP contribution in [0.15, 0.2) is 51.5 Å². The zero-order valence-electron chi connectivity index (χ0n) is 19.7. The van der Waals surface area contributed by atoms with Gasteiger partial charge in [-0.25, -0.2) is 26.3 Å². The minimum atomic E-state index is -2.35. The summed E-state index contributed by atoms with van der Waals surface area (Å²) in [5.74, 6) is -12.0. The van der Waals surface area contributed by atoms with Crippen molar-refractivity contribution in [2.45, 2.75) is 20.5 Å². The standard InChI is InChI=1S/C26H17BrF6N2O3/c1-3-37-18-10-14(9-17(27)25(18)38-11-13-4-6-15(28)7-5-13)8-16-12(2)34-35(26(16)36)24-22(32)20(30)19(29)21(31)23(24)33/h4-10H,3,11H2,1-2H3/b16-8+. The molecule has 3 aromatic carbocycles. The van der Waals surface area contributed by atoms with Gasteiger partial charge in [0.05, 0.1) is 22.4 Å². The van der Waals surface area contributed by atoms with Crippen molar-refractivity contribution in [1.29, 1.82) is 0 Å². The van der Waals surface area contributed by atoms with Crippen molar-refractivity contribution in [3.63, 3.8) is 0 Å². The summed E-state index contributed by atoms with van der Waals surface area (Å²) in [4.78, 5) is 13.0. The number of hydrazone groups is 1. The van der Waals surface area contributed by atoms with Gasteiger partial charge in [-0.1, -0.05) is 12.1 Å². The minimum absolute atomic E-state index is 0.0235. The molecule has 0 N–H and O–H groups in total. The fourth-order valence-electron chi connectivity index (χ4n) is 3.59. The van der Waals surface area contributed by atoms with E-state index < -0.39 is 40.7 Å². The molecule has 0 atom stereocenters. The van der Waals surface area contributed by atoms with Crippen LogP contribution in [0.25, 0.3) is 6.08 Å². The van der Waals surface area contributed by atoms with Crippen LogP contribution in [0.3, 0.4) is 0 Å². The molecule has 198 valence electrons. The summed E-state index contributed by atoms with van der Waals surface area (Å²) < 4.78 is 94.5. The molecular weight excluding hydrogens is 582 g/mol. The highest BCUT2D eigenvalue weighted by Crippen LogP contribution is 2.39. The number of rotatable bonds is 7. The minimum Gasteiger partial charge on any atom is -0.490 e. The third-order valence-electron chi connectivity index (χ3n) is 5.40. The highest BCUT2D eigenvalue weighted by molar-refractivity contribution is 9.10. The van der Waals surface area contributed by atoms with E-state index in [9.17, 15) is 31.1 Å². The van der Waals surface area contributed by atoms with E-state index in [4.69, 9.17) is 9.47 Å². The molecule has 0 spiro atoms. The second kappa shape index (κ2) is 10.9. The summed E-state index contributed by atoms with van der Waals surface area (Å²) in [6.07, 6.45) is 1.32. The van der Waals surface area contributed by atoms with Crippen LogP contribution in [0.1, 0.15) is 25.0 Å². The molecule has 0 saturated carbocycles. The molecule has 0 bridgehead atoms. The number of hydrogen-bond donors (Lipinski definition) is 0. The molecular formula is C26H17BrF6N2O3. The van der Waals surface area contributed by atoms with Gasteiger partial charge in [-0.15, -0.1) is 0 Å². The number of hydrogen-bond acceptors (Lipinski definition) is 4. The molecule has 5 nitrogen and oxygen atoms in total. The van der Waals surface area contributed by atoms with Crippen molar-refractivity contribution in [2.75, 3.05) is 11.6 Å². The molecule has 1 heterocycles. The van der Waals surface area contributed by atoms with Crippen LogP contribution in [0, 0.1) is 34.9 Å². The van der Waals surface area contributed by atoms with E-state index >= 15 is 0 Å². The third-order valence-corrected chi connectivity index (χ3v) is 5.99. The quantitative estimate of drug-likeness (QED) is 0.126. The maximum atomic E-state index is 14.3. The van der Waals surface area contributed by atoms with Crippen LogP contribution in [0.5, 0.6) is 11.5 Å². The highest BCUT2D eigenvalue weighted by Gasteiger charge is 2.37. The molecule has 38 heavy (non-hydrogen) atoms. The van der Waals surface area contributed by atoms with E-state index in [0.29, 0.717) is 21.3 Å². The van der Waals surface area contributed by atoms with Crippen molar-refractivity contribution in [3.8, 4) is 11.5 Å². The zero-order valence-corrected chi connectivity index (χ0v) is 21.3. The van der Waals surface area contributed by atoms with Crippen LogP contribution in [0.2, 0.25) is 0 Å². The predicted octanol–water partition coefficient (Wildman–Crippen LogP) is 7.07. The van der Waals surface area contributed by atoms with E-state index in [1.165, 1.54) is 31.2 Å². The first-order valence-electron chi connectivity index (χ1n) is 11.0. The molecule has 0 saturated heterocycles. The Kier molecular flexibility index (Phi) is 7.81. The lowest BCUT2D eigenvalue weighted by molar-refractivity contribution is -0.114. The second-order valence-corrected chi connectivity index (χ2v) is 8.81. The Labute approximate surface area is 221 Å². The Balaban J connectivity index is 1.67. The topological polar surface area (TPSA) is 51.1 Å². The summed E-state index contributed by atoms with van der Waals surface area (Å²) in [5.41, 5.74) is -0.571. The maximum absolute atomic E-state index is 14.3. The molecule has 3 aromatic rings. The van der Waals surface area contributed by atoms with Crippen LogP contribution >= 0.6 is 15.9 Å². The Morgan fingerprint density at radius 1 is 0.921 bits per heavy atom. The number of carbonyl (C=O) groups excluding carboxylic acids is 1. The molecule has 4 rings (SSSR count). The van der Waals surface area contributed by atoms with Crippen molar-refractivity contribution >= 4 is 39.3 Å². The number of halogens is 7. The summed E-state index contributed by atoms with van der Waals surface area (Å²) in [6, 6.07) is 8.81. The highest BCUT2D eigenvalue weighted by atomic mass is 79.9. The van der Waals surface area contributed by atoms with Gasteiger partial charge in [0, 0.05) is 0 Å². The van der Waals surface area contributed by atoms with Gasteiger partial charge in [-0.2, -0.15) is 10.1 Å². The molecule has 1 aliphatic heterocycles. The van der Waals surface area contributed by atoms with Gasteiger partial charge in [0.25, 0.3) is 5.91 Å². The van der Waals surface area contributed by atoms with Gasteiger partial charge >= 0.3 is 0 Å². The molecule has 12 heteroatoms. The summed E-state index contributed by atoms with van der Waals surface area (Å²) in [6.45, 7) is 3.43. The Morgan fingerprint density at radius 2 is 1.53 bits per heavy atom. The molecule has 0 unspecified atom stereocenters. The van der Waals surface area contributed by atoms with Crippen molar-refractivity contribution in [2.24, 2.45) is 5.10 Å². The molecule has 1 aliphatic rings. The second-order valence-electron chi connectivity index (χ2n) is 7.96. The fraction of sp³-hybridized carbons (Fsp3) is 0.154. The van der Waals surface area contributed by atoms with Gasteiger partial charge in [0.2, 0.25) is 5.82 Å². The lowest BCUT2D eigenvalue weighted by Crippen LogP contribution is -2.25. The smallest absolute Gasteiger partial charge is 0.280 e. The zero-order chi connectivity index (χ0) is 27.7. The fourth-order valence-corrected chi connectivity index (χ4v) is 4.17. The van der Waals surface area contributed by atoms with Crippen LogP contribution in [-0.4, -0.2) is 18.2 Å². The first-order chi connectivity index (χ1) is 18.0. The number of amides is 1. The van der Waals surface area contributed by atoms with Crippen LogP contribution < -0.4 is 14.5 Å². The SMILES string of the molecule is CCOc1cc(/C=C2/C(=O)N(c3c(F)c(F)c(F)c(F)c3F)N=C2C)cc(Br)c1OCc1ccc(F)cc1. The molecule has 0 aliphatic carbocycles. The summed E-state index contributed by atoms with van der Waals surface area (Å²) in [5, 5.41) is 3.86. The van der Waals surface area contributed by atoms with E-state index in [-0.39, 0.29) is 41.1 Å². The van der Waals surface area contributed by atoms with Gasteiger partial charge in [-0.05, 0) is 71.2 Å². The van der Waals surface area contributed by atoms with Crippen molar-refractivity contribution in [1.82, 2.24) is 0 Å². The van der Waals surface area contributed by atoms with Crippen molar-refractivity contribution in [3.05, 3.63) is 92.5 Å². The van der Waals surface area contributed by atoms with Gasteiger partial charge in [0.1, 0.15) is 18.1 Å². The lowest BCUT2D eigenvalue weighted by Gasteiger charge is -2.16. The van der Waals surface area contributed by atoms with E-state index in [0.717, 1.165) is 0 Å². The monoisotopic (exact) mass is 598 g/mol. The van der Waals surface area contributed by atoms with Crippen LogP contribution in [0.4, 0.5) is 32.0 Å². The average Bonchev–Trinajstić information content (AvgIpc) is 3.15.